The molecule has 3 aliphatic carbocycles. The Labute approximate surface area is 132 Å². The predicted octanol–water partition coefficient (Wildman–Crippen LogP) is 1.87. The van der Waals surface area contributed by atoms with Crippen molar-refractivity contribution in [3.8, 4) is 0 Å². The van der Waals surface area contributed by atoms with Crippen LogP contribution in [0, 0.1) is 23.2 Å². The quantitative estimate of drug-likeness (QED) is 0.741. The maximum atomic E-state index is 12.7. The summed E-state index contributed by atoms with van der Waals surface area (Å²) in [7, 11) is 4.10. The number of Topliss-reactive ketones (excluding diaryl/α,β-unsaturated/α-hetero) is 1. The topological polar surface area (TPSA) is 38.8 Å². The summed E-state index contributed by atoms with van der Waals surface area (Å²) < 4.78 is 12.2. The average Bonchev–Trinajstić information content (AvgIpc) is 2.88. The fraction of sp³-hybridized carbons (Fsp3) is 0.944. The maximum absolute atomic E-state index is 12.7. The van der Waals surface area contributed by atoms with E-state index in [0.29, 0.717) is 23.7 Å². The smallest absolute Gasteiger partial charge is 0.162 e. The van der Waals surface area contributed by atoms with Crippen molar-refractivity contribution >= 4 is 5.78 Å². The molecule has 3 saturated carbocycles. The lowest BCUT2D eigenvalue weighted by Crippen LogP contribution is -2.67. The summed E-state index contributed by atoms with van der Waals surface area (Å²) >= 11 is 0. The fourth-order valence-electron chi connectivity index (χ4n) is 7.16. The molecule has 0 N–H and O–H groups in total. The summed E-state index contributed by atoms with van der Waals surface area (Å²) in [5, 5.41) is 0. The molecule has 2 aliphatic heterocycles. The molecule has 5 fully saturated rings. The summed E-state index contributed by atoms with van der Waals surface area (Å²) in [6, 6.07) is 0.673. The Kier molecular flexibility index (Phi) is 2.88. The van der Waals surface area contributed by atoms with Gasteiger partial charge in [0.15, 0.2) is 5.78 Å². The summed E-state index contributed by atoms with van der Waals surface area (Å²) in [4.78, 5) is 15.3. The summed E-state index contributed by atoms with van der Waals surface area (Å²) in [6.45, 7) is 1.13. The van der Waals surface area contributed by atoms with Crippen LogP contribution in [0.25, 0.3) is 0 Å². The van der Waals surface area contributed by atoms with Crippen molar-refractivity contribution < 1.29 is 14.3 Å². The van der Waals surface area contributed by atoms with E-state index in [2.05, 4.69) is 11.9 Å². The molecule has 122 valence electrons. The first-order valence-electron chi connectivity index (χ1n) is 9.08. The zero-order valence-corrected chi connectivity index (χ0v) is 13.7. The van der Waals surface area contributed by atoms with Gasteiger partial charge in [0.1, 0.15) is 6.10 Å². The number of carbonyl (C=O) groups excluding carboxylic acids is 1. The van der Waals surface area contributed by atoms with Gasteiger partial charge in [-0.05, 0) is 63.5 Å². The highest BCUT2D eigenvalue weighted by Crippen LogP contribution is 2.67. The van der Waals surface area contributed by atoms with E-state index in [0.717, 1.165) is 38.1 Å². The highest BCUT2D eigenvalue weighted by atomic mass is 16.6. The predicted molar refractivity (Wildman–Crippen MR) is 81.5 cm³/mol. The second-order valence-corrected chi connectivity index (χ2v) is 8.38. The number of hydrogen-bond acceptors (Lipinski definition) is 4. The molecule has 1 spiro atoms. The van der Waals surface area contributed by atoms with Gasteiger partial charge in [-0.3, -0.25) is 4.79 Å². The number of nitrogens with zero attached hydrogens (tertiary/aromatic N) is 1. The van der Waals surface area contributed by atoms with E-state index in [4.69, 9.17) is 9.47 Å². The Hall–Kier alpha value is -0.450. The lowest BCUT2D eigenvalue weighted by Gasteiger charge is -2.62. The van der Waals surface area contributed by atoms with Crippen LogP contribution in [-0.2, 0) is 14.3 Å². The molecule has 0 aromatic carbocycles. The van der Waals surface area contributed by atoms with E-state index in [-0.39, 0.29) is 23.7 Å². The van der Waals surface area contributed by atoms with Crippen LogP contribution in [-0.4, -0.2) is 55.7 Å². The zero-order valence-electron chi connectivity index (χ0n) is 13.7. The summed E-state index contributed by atoms with van der Waals surface area (Å²) in [6.07, 6.45) is 6.86. The van der Waals surface area contributed by atoms with E-state index in [1.54, 1.807) is 0 Å². The van der Waals surface area contributed by atoms with Crippen molar-refractivity contribution in [2.75, 3.05) is 20.7 Å². The van der Waals surface area contributed by atoms with Crippen molar-refractivity contribution in [2.24, 2.45) is 23.2 Å². The molecule has 5 unspecified atom stereocenters. The molecule has 0 aromatic rings. The van der Waals surface area contributed by atoms with E-state index in [9.17, 15) is 4.79 Å². The lowest BCUT2D eigenvalue weighted by molar-refractivity contribution is -0.162. The van der Waals surface area contributed by atoms with Gasteiger partial charge < -0.3 is 14.4 Å². The SMILES string of the molecule is COC1CCC2C[C@@H]3C4CCC(=O)[C@@H]5OC1C2[C@]45CCN3C. The maximum Gasteiger partial charge on any atom is 0.162 e. The molecule has 5 rings (SSSR count). The second-order valence-electron chi connectivity index (χ2n) is 8.38. The number of methoxy groups -OCH3 is 1. The largest absolute Gasteiger partial charge is 0.379 e. The van der Waals surface area contributed by atoms with E-state index in [1.807, 2.05) is 7.11 Å². The van der Waals surface area contributed by atoms with Crippen molar-refractivity contribution in [1.82, 2.24) is 4.90 Å². The minimum Gasteiger partial charge on any atom is -0.379 e. The number of carbonyl (C=O) groups is 1. The molecular weight excluding hydrogens is 278 g/mol. The molecule has 2 saturated heterocycles. The summed E-state index contributed by atoms with van der Waals surface area (Å²) in [5.74, 6) is 2.34. The van der Waals surface area contributed by atoms with Crippen LogP contribution in [0.2, 0.25) is 0 Å². The van der Waals surface area contributed by atoms with Gasteiger partial charge in [-0.2, -0.15) is 0 Å². The second kappa shape index (κ2) is 4.55. The van der Waals surface area contributed by atoms with Gasteiger partial charge in [-0.15, -0.1) is 0 Å². The molecule has 5 aliphatic rings. The van der Waals surface area contributed by atoms with E-state index >= 15 is 0 Å². The highest BCUT2D eigenvalue weighted by molar-refractivity contribution is 5.85. The Morgan fingerprint density at radius 1 is 1.32 bits per heavy atom. The Balaban J connectivity index is 1.64. The van der Waals surface area contributed by atoms with Crippen molar-refractivity contribution in [3.05, 3.63) is 0 Å². The summed E-state index contributed by atoms with van der Waals surface area (Å²) in [5.41, 5.74) is 0.136. The van der Waals surface area contributed by atoms with Gasteiger partial charge in [0, 0.05) is 25.0 Å². The molecule has 0 amide bonds. The molecule has 0 radical (unpaired) electrons. The molecule has 22 heavy (non-hydrogen) atoms. The van der Waals surface area contributed by atoms with Gasteiger partial charge in [-0.1, -0.05) is 0 Å². The fourth-order valence-corrected chi connectivity index (χ4v) is 7.16. The molecule has 4 heteroatoms. The molecule has 8 atom stereocenters. The number of rotatable bonds is 1. The van der Waals surface area contributed by atoms with Crippen LogP contribution in [0.15, 0.2) is 0 Å². The van der Waals surface area contributed by atoms with E-state index < -0.39 is 0 Å². The highest BCUT2D eigenvalue weighted by Gasteiger charge is 2.71. The first-order valence-corrected chi connectivity index (χ1v) is 9.08. The number of likely N-dealkylation sites (tertiary alicyclic amines) is 1. The number of ether oxygens (including phenoxy) is 2. The number of ketones is 1. The molecule has 2 heterocycles. The normalized spacial score (nSPS) is 56.8. The van der Waals surface area contributed by atoms with Gasteiger partial charge in [0.25, 0.3) is 0 Å². The number of piperidine rings is 1. The van der Waals surface area contributed by atoms with Gasteiger partial charge in [0.05, 0.1) is 12.2 Å². The van der Waals surface area contributed by atoms with E-state index in [1.165, 1.54) is 12.8 Å². The Morgan fingerprint density at radius 3 is 3.00 bits per heavy atom. The minimum absolute atomic E-state index is 0.129. The van der Waals surface area contributed by atoms with Gasteiger partial charge in [0.2, 0.25) is 0 Å². The van der Waals surface area contributed by atoms with Crippen molar-refractivity contribution in [1.29, 1.82) is 0 Å². The third-order valence-electron chi connectivity index (χ3n) is 7.91. The zero-order chi connectivity index (χ0) is 15.1. The van der Waals surface area contributed by atoms with Crippen LogP contribution in [0.1, 0.15) is 38.5 Å². The number of hydrogen-bond donors (Lipinski definition) is 0. The van der Waals surface area contributed by atoms with Gasteiger partial charge >= 0.3 is 0 Å². The molecule has 0 aromatic heterocycles. The molecule has 4 nitrogen and oxygen atoms in total. The Bertz CT molecular complexity index is 509. The van der Waals surface area contributed by atoms with Crippen molar-refractivity contribution in [3.63, 3.8) is 0 Å². The standard InChI is InChI=1S/C18H27NO3/c1-19-8-7-18-11-4-5-13(20)17(18)22-16-14(21-2)6-3-10(15(16)18)9-12(11)19/h10-12,14-17H,3-9H2,1-2H3/t10?,11?,12-,14?,15?,16?,17+,18+/m1/s1. The van der Waals surface area contributed by atoms with Crippen LogP contribution >= 0.6 is 0 Å². The van der Waals surface area contributed by atoms with Gasteiger partial charge in [-0.25, -0.2) is 0 Å². The van der Waals surface area contributed by atoms with Crippen LogP contribution in [0.4, 0.5) is 0 Å². The third-order valence-corrected chi connectivity index (χ3v) is 7.91. The average molecular weight is 305 g/mol. The third kappa shape index (κ3) is 1.47. The first-order chi connectivity index (χ1) is 10.7. The molecule has 2 bridgehead atoms. The molecular formula is C18H27NO3. The Morgan fingerprint density at radius 2 is 2.18 bits per heavy atom. The van der Waals surface area contributed by atoms with Crippen molar-refractivity contribution in [2.45, 2.75) is 62.9 Å². The first kappa shape index (κ1) is 13.9. The minimum atomic E-state index is -0.129. The van der Waals surface area contributed by atoms with Crippen LogP contribution in [0.5, 0.6) is 0 Å². The lowest BCUT2D eigenvalue weighted by atomic mass is 9.45. The van der Waals surface area contributed by atoms with Crippen LogP contribution in [0.3, 0.4) is 0 Å². The van der Waals surface area contributed by atoms with Crippen LogP contribution < -0.4 is 0 Å². The monoisotopic (exact) mass is 305 g/mol.